The van der Waals surface area contributed by atoms with Gasteiger partial charge in [0.05, 0.1) is 11.2 Å². The molecule has 0 unspecified atom stereocenters. The summed E-state index contributed by atoms with van der Waals surface area (Å²) < 4.78 is 6.16. The Bertz CT molecular complexity index is 334. The number of nitrogens with zero attached hydrogens (tertiary/aromatic N) is 2. The van der Waals surface area contributed by atoms with Crippen molar-refractivity contribution in [2.45, 2.75) is 57.4 Å². The summed E-state index contributed by atoms with van der Waals surface area (Å²) in [6.07, 6.45) is 1.11. The zero-order valence-corrected chi connectivity index (χ0v) is 12.9. The molecule has 0 amide bonds. The van der Waals surface area contributed by atoms with Crippen molar-refractivity contribution in [3.05, 3.63) is 0 Å². The van der Waals surface area contributed by atoms with Crippen molar-refractivity contribution in [3.63, 3.8) is 0 Å². The van der Waals surface area contributed by atoms with Crippen molar-refractivity contribution < 1.29 is 4.74 Å². The van der Waals surface area contributed by atoms with Gasteiger partial charge in [-0.25, -0.2) is 0 Å². The molecule has 0 saturated carbocycles. The lowest BCUT2D eigenvalue weighted by Crippen LogP contribution is -2.64. The van der Waals surface area contributed by atoms with E-state index in [0.717, 1.165) is 13.0 Å². The number of nitrogens with one attached hydrogen (secondary N) is 1. The molecule has 4 rings (SSSR count). The maximum absolute atomic E-state index is 6.16. The predicted molar refractivity (Wildman–Crippen MR) is 77.5 cm³/mol. The summed E-state index contributed by atoms with van der Waals surface area (Å²) in [4.78, 5) is 5.26. The van der Waals surface area contributed by atoms with Gasteiger partial charge in [-0.05, 0) is 34.1 Å². The lowest BCUT2D eigenvalue weighted by molar-refractivity contribution is -0.0706. The minimum atomic E-state index is -0.0488. The van der Waals surface area contributed by atoms with Crippen LogP contribution in [0.3, 0.4) is 0 Å². The van der Waals surface area contributed by atoms with Crippen molar-refractivity contribution in [2.75, 3.05) is 39.3 Å². The molecule has 4 nitrogen and oxygen atoms in total. The van der Waals surface area contributed by atoms with Crippen LogP contribution >= 0.6 is 0 Å². The van der Waals surface area contributed by atoms with Crippen LogP contribution in [0.2, 0.25) is 0 Å². The highest BCUT2D eigenvalue weighted by molar-refractivity contribution is 5.00. The first kappa shape index (κ1) is 13.8. The maximum Gasteiger partial charge on any atom is 0.0787 e. The van der Waals surface area contributed by atoms with Crippen LogP contribution in [0.25, 0.3) is 0 Å². The minimum absolute atomic E-state index is 0.0104. The van der Waals surface area contributed by atoms with Gasteiger partial charge >= 0.3 is 0 Å². The van der Waals surface area contributed by atoms with Crippen LogP contribution in [0.1, 0.15) is 34.1 Å². The molecule has 4 heterocycles. The normalized spacial score (nSPS) is 43.6. The molecule has 4 aliphatic rings. The van der Waals surface area contributed by atoms with Crippen molar-refractivity contribution in [2.24, 2.45) is 0 Å². The third-order valence-corrected chi connectivity index (χ3v) is 5.07. The van der Waals surface area contributed by atoms with Crippen LogP contribution in [0.5, 0.6) is 0 Å². The quantitative estimate of drug-likeness (QED) is 0.823. The van der Waals surface area contributed by atoms with Gasteiger partial charge in [0.25, 0.3) is 0 Å². The summed E-state index contributed by atoms with van der Waals surface area (Å²) in [6.45, 7) is 16.2. The molecule has 4 heteroatoms. The summed E-state index contributed by atoms with van der Waals surface area (Å²) in [6, 6.07) is 1.17. The Morgan fingerprint density at radius 1 is 1.11 bits per heavy atom. The summed E-state index contributed by atoms with van der Waals surface area (Å²) in [5, 5.41) is 3.79. The van der Waals surface area contributed by atoms with E-state index in [1.54, 1.807) is 0 Å². The van der Waals surface area contributed by atoms with Gasteiger partial charge in [-0.1, -0.05) is 0 Å². The van der Waals surface area contributed by atoms with E-state index in [4.69, 9.17) is 4.74 Å². The molecule has 0 aromatic rings. The average Bonchev–Trinajstić information content (AvgIpc) is 2.56. The molecular formula is C15H29N3O. The van der Waals surface area contributed by atoms with E-state index in [9.17, 15) is 0 Å². The van der Waals surface area contributed by atoms with E-state index in [2.05, 4.69) is 42.8 Å². The molecule has 4 saturated heterocycles. The fourth-order valence-corrected chi connectivity index (χ4v) is 4.08. The first-order chi connectivity index (χ1) is 8.86. The topological polar surface area (TPSA) is 27.7 Å². The largest absolute Gasteiger partial charge is 0.368 e. The van der Waals surface area contributed by atoms with Crippen molar-refractivity contribution in [1.82, 2.24) is 15.1 Å². The second-order valence-corrected chi connectivity index (χ2v) is 7.62. The van der Waals surface area contributed by atoms with Crippen LogP contribution in [0.4, 0.5) is 0 Å². The van der Waals surface area contributed by atoms with Gasteiger partial charge in [0.1, 0.15) is 0 Å². The number of ether oxygens (including phenoxy) is 1. The summed E-state index contributed by atoms with van der Waals surface area (Å²) >= 11 is 0. The highest BCUT2D eigenvalue weighted by Gasteiger charge is 2.46. The van der Waals surface area contributed by atoms with Gasteiger partial charge < -0.3 is 10.1 Å². The maximum atomic E-state index is 6.16. The third-order valence-electron chi connectivity index (χ3n) is 5.07. The van der Waals surface area contributed by atoms with Crippen LogP contribution in [0.15, 0.2) is 0 Å². The number of hydrogen-bond acceptors (Lipinski definition) is 4. The number of hydrogen-bond donors (Lipinski definition) is 1. The molecular weight excluding hydrogens is 238 g/mol. The van der Waals surface area contributed by atoms with E-state index in [1.807, 2.05) is 0 Å². The fourth-order valence-electron chi connectivity index (χ4n) is 4.08. The first-order valence-electron chi connectivity index (χ1n) is 7.76. The van der Waals surface area contributed by atoms with E-state index in [1.165, 1.54) is 32.7 Å². The monoisotopic (exact) mass is 267 g/mol. The van der Waals surface area contributed by atoms with E-state index < -0.39 is 0 Å². The lowest BCUT2D eigenvalue weighted by Gasteiger charge is -2.48. The zero-order chi connectivity index (χ0) is 13.7. The number of rotatable bonds is 3. The van der Waals surface area contributed by atoms with Crippen molar-refractivity contribution in [3.8, 4) is 0 Å². The van der Waals surface area contributed by atoms with Crippen molar-refractivity contribution in [1.29, 1.82) is 0 Å². The molecule has 4 fully saturated rings. The number of piperazine rings is 3. The molecule has 2 atom stereocenters. The molecule has 1 N–H and O–H groups in total. The Balaban J connectivity index is 1.55. The van der Waals surface area contributed by atoms with Crippen LogP contribution in [-0.4, -0.2) is 72.4 Å². The fraction of sp³-hybridized carbons (Fsp3) is 1.00. The number of fused-ring (bicyclic) bond motifs is 3. The summed E-state index contributed by atoms with van der Waals surface area (Å²) in [7, 11) is 0. The van der Waals surface area contributed by atoms with Crippen LogP contribution < -0.4 is 5.32 Å². The highest BCUT2D eigenvalue weighted by atomic mass is 16.5. The molecule has 0 radical (unpaired) electrons. The Morgan fingerprint density at radius 2 is 1.79 bits per heavy atom. The Kier molecular flexibility index (Phi) is 3.41. The molecule has 110 valence electrons. The van der Waals surface area contributed by atoms with E-state index >= 15 is 0 Å². The van der Waals surface area contributed by atoms with Gasteiger partial charge in [0, 0.05) is 51.4 Å². The van der Waals surface area contributed by atoms with Gasteiger partial charge in [-0.2, -0.15) is 0 Å². The van der Waals surface area contributed by atoms with Gasteiger partial charge in [-0.15, -0.1) is 0 Å². The first-order valence-corrected chi connectivity index (χ1v) is 7.76. The minimum Gasteiger partial charge on any atom is -0.368 e. The standard InChI is InChI=1S/C15H29N3O/c1-14(2)9-13(15(3,4)19-14)16-10-12-11-17-5-7-18(12)8-6-17/h12-13,16H,5-11H2,1-4H3/t12-,13-/m1/s1. The van der Waals surface area contributed by atoms with Crippen LogP contribution in [-0.2, 0) is 4.74 Å². The van der Waals surface area contributed by atoms with E-state index in [-0.39, 0.29) is 11.2 Å². The second-order valence-electron chi connectivity index (χ2n) is 7.62. The van der Waals surface area contributed by atoms with Gasteiger partial charge in [0.15, 0.2) is 0 Å². The average molecular weight is 267 g/mol. The Labute approximate surface area is 117 Å². The molecule has 19 heavy (non-hydrogen) atoms. The van der Waals surface area contributed by atoms with Crippen molar-refractivity contribution >= 4 is 0 Å². The lowest BCUT2D eigenvalue weighted by atomic mass is 9.94. The SMILES string of the molecule is CC1(C)C[C@@H](NC[C@@H]2CN3CCN2CC3)C(C)(C)O1. The molecule has 0 spiro atoms. The third kappa shape index (κ3) is 2.82. The molecule has 4 aliphatic heterocycles. The second kappa shape index (κ2) is 4.69. The Morgan fingerprint density at radius 3 is 2.26 bits per heavy atom. The van der Waals surface area contributed by atoms with E-state index in [0.29, 0.717) is 12.1 Å². The smallest absolute Gasteiger partial charge is 0.0787 e. The van der Waals surface area contributed by atoms with Crippen LogP contribution in [0, 0.1) is 0 Å². The molecule has 0 aromatic heterocycles. The van der Waals surface area contributed by atoms with Gasteiger partial charge in [0.2, 0.25) is 0 Å². The zero-order valence-electron chi connectivity index (χ0n) is 12.9. The molecule has 0 aromatic carbocycles. The summed E-state index contributed by atoms with van der Waals surface area (Å²) in [5.74, 6) is 0. The Hall–Kier alpha value is -0.160. The van der Waals surface area contributed by atoms with Gasteiger partial charge in [-0.3, -0.25) is 9.80 Å². The molecule has 0 aliphatic carbocycles. The molecule has 2 bridgehead atoms. The predicted octanol–water partition coefficient (Wildman–Crippen LogP) is 0.922. The highest BCUT2D eigenvalue weighted by Crippen LogP contribution is 2.37. The summed E-state index contributed by atoms with van der Waals surface area (Å²) in [5.41, 5.74) is -0.0384.